The highest BCUT2D eigenvalue weighted by atomic mass is 32.2. The lowest BCUT2D eigenvalue weighted by molar-refractivity contribution is -0.759. The molecule has 0 bridgehead atoms. The van der Waals surface area contributed by atoms with Crippen LogP contribution in [0.25, 0.3) is 11.3 Å². The molecule has 0 spiro atoms. The van der Waals surface area contributed by atoms with Crippen LogP contribution < -0.4 is 10.00 Å². The standard InChI is InChI=1S/C19H14F3N5O2S/c1-2-27-10-17(29-26-27)25-16(28)11-30-18-13(9-23)14(19(20,21)22)8-15(24-18)12-6-4-3-5-7-12/h3-8,10H,2,11H2,1H3/p+1. The molecule has 3 aromatic rings. The molecule has 3 rings (SSSR count). The Morgan fingerprint density at radius 3 is 2.67 bits per heavy atom. The number of rotatable bonds is 6. The lowest BCUT2D eigenvalue weighted by Gasteiger charge is -2.14. The van der Waals surface area contributed by atoms with Gasteiger partial charge in [0.15, 0.2) is 6.54 Å². The minimum atomic E-state index is -4.75. The number of nitrogens with one attached hydrogen (secondary N) is 1. The summed E-state index contributed by atoms with van der Waals surface area (Å²) in [4.78, 5) is 16.4. The largest absolute Gasteiger partial charge is 0.417 e. The normalized spacial score (nSPS) is 11.2. The first kappa shape index (κ1) is 21.3. The molecule has 1 amide bonds. The Balaban J connectivity index is 1.88. The maximum absolute atomic E-state index is 13.5. The first-order valence-electron chi connectivity index (χ1n) is 8.68. The average Bonchev–Trinajstić information content (AvgIpc) is 3.19. The number of pyridine rings is 1. The van der Waals surface area contributed by atoms with E-state index >= 15 is 0 Å². The third-order valence-electron chi connectivity index (χ3n) is 3.91. The van der Waals surface area contributed by atoms with Gasteiger partial charge in [-0.3, -0.25) is 14.6 Å². The highest BCUT2D eigenvalue weighted by molar-refractivity contribution is 8.00. The van der Waals surface area contributed by atoms with Crippen LogP contribution in [0.4, 0.5) is 19.1 Å². The van der Waals surface area contributed by atoms with Gasteiger partial charge in [-0.15, -0.1) is 0 Å². The van der Waals surface area contributed by atoms with Crippen LogP contribution in [0.2, 0.25) is 0 Å². The van der Waals surface area contributed by atoms with E-state index in [-0.39, 0.29) is 22.4 Å². The van der Waals surface area contributed by atoms with Crippen molar-refractivity contribution in [3.8, 4) is 17.3 Å². The number of thioether (sulfide) groups is 1. The minimum Gasteiger partial charge on any atom is -0.288 e. The zero-order chi connectivity index (χ0) is 21.7. The lowest BCUT2D eigenvalue weighted by Crippen LogP contribution is -2.32. The first-order valence-corrected chi connectivity index (χ1v) is 9.67. The zero-order valence-corrected chi connectivity index (χ0v) is 16.4. The summed E-state index contributed by atoms with van der Waals surface area (Å²) >= 11 is 0.736. The summed E-state index contributed by atoms with van der Waals surface area (Å²) < 4.78 is 47.0. The van der Waals surface area contributed by atoms with Crippen molar-refractivity contribution in [2.24, 2.45) is 0 Å². The van der Waals surface area contributed by atoms with Gasteiger partial charge in [0.05, 0.1) is 22.6 Å². The molecule has 7 nitrogen and oxygen atoms in total. The van der Waals surface area contributed by atoms with Gasteiger partial charge in [-0.2, -0.15) is 18.4 Å². The fourth-order valence-electron chi connectivity index (χ4n) is 2.50. The van der Waals surface area contributed by atoms with Crippen molar-refractivity contribution in [3.05, 3.63) is 53.7 Å². The van der Waals surface area contributed by atoms with E-state index in [1.165, 1.54) is 10.9 Å². The SMILES string of the molecule is CC[n+]1cc(NC(=O)CSc2nc(-c3ccccc3)cc(C(F)(F)F)c2C#N)on1. The topological polar surface area (TPSA) is 95.7 Å². The lowest BCUT2D eigenvalue weighted by atomic mass is 10.1. The van der Waals surface area contributed by atoms with Gasteiger partial charge >= 0.3 is 12.1 Å². The van der Waals surface area contributed by atoms with Crippen LogP contribution in [-0.4, -0.2) is 21.9 Å². The molecular weight excluding hydrogens is 419 g/mol. The summed E-state index contributed by atoms with van der Waals surface area (Å²) in [5, 5.41) is 15.3. The fourth-order valence-corrected chi connectivity index (χ4v) is 3.31. The average molecular weight is 434 g/mol. The number of benzene rings is 1. The van der Waals surface area contributed by atoms with Crippen LogP contribution in [0.5, 0.6) is 0 Å². The van der Waals surface area contributed by atoms with Crippen LogP contribution >= 0.6 is 11.8 Å². The molecule has 0 aliphatic heterocycles. The smallest absolute Gasteiger partial charge is 0.288 e. The van der Waals surface area contributed by atoms with Crippen molar-refractivity contribution in [2.75, 3.05) is 11.1 Å². The molecule has 11 heteroatoms. The van der Waals surface area contributed by atoms with Gasteiger partial charge in [0.2, 0.25) is 11.2 Å². The van der Waals surface area contributed by atoms with E-state index in [0.717, 1.165) is 17.8 Å². The van der Waals surface area contributed by atoms with Crippen LogP contribution in [0.15, 0.2) is 52.1 Å². The maximum atomic E-state index is 13.5. The number of anilines is 1. The summed E-state index contributed by atoms with van der Waals surface area (Å²) in [6, 6.07) is 10.7. The number of aryl methyl sites for hydroxylation is 1. The number of alkyl halides is 3. The summed E-state index contributed by atoms with van der Waals surface area (Å²) in [5.41, 5.74) is -1.20. The quantitative estimate of drug-likeness (QED) is 0.470. The molecule has 30 heavy (non-hydrogen) atoms. The van der Waals surface area contributed by atoms with E-state index in [4.69, 9.17) is 4.52 Å². The maximum Gasteiger partial charge on any atom is 0.417 e. The van der Waals surface area contributed by atoms with Gasteiger partial charge in [-0.1, -0.05) is 46.8 Å². The Morgan fingerprint density at radius 2 is 2.07 bits per heavy atom. The van der Waals surface area contributed by atoms with Crippen molar-refractivity contribution in [3.63, 3.8) is 0 Å². The highest BCUT2D eigenvalue weighted by Crippen LogP contribution is 2.37. The second-order valence-corrected chi connectivity index (χ2v) is 6.93. The summed E-state index contributed by atoms with van der Waals surface area (Å²) in [6.07, 6.45) is -3.28. The van der Waals surface area contributed by atoms with Gasteiger partial charge in [0, 0.05) is 5.56 Å². The van der Waals surface area contributed by atoms with Crippen molar-refractivity contribution in [1.29, 1.82) is 5.26 Å². The fraction of sp³-hybridized carbons (Fsp3) is 0.211. The van der Waals surface area contributed by atoms with Gasteiger partial charge in [-0.25, -0.2) is 4.98 Å². The number of hydrogen-bond donors (Lipinski definition) is 1. The van der Waals surface area contributed by atoms with Crippen LogP contribution in [0, 0.1) is 11.3 Å². The van der Waals surface area contributed by atoms with Gasteiger partial charge in [-0.05, 0) is 13.0 Å². The Morgan fingerprint density at radius 1 is 1.33 bits per heavy atom. The van der Waals surface area contributed by atoms with E-state index in [1.807, 2.05) is 6.92 Å². The Labute approximate surface area is 173 Å². The zero-order valence-electron chi connectivity index (χ0n) is 15.6. The molecule has 1 N–H and O–H groups in total. The molecule has 0 aliphatic rings. The predicted octanol–water partition coefficient (Wildman–Crippen LogP) is 3.67. The van der Waals surface area contributed by atoms with Gasteiger partial charge in [0.1, 0.15) is 11.1 Å². The molecule has 154 valence electrons. The molecule has 2 heterocycles. The summed E-state index contributed by atoms with van der Waals surface area (Å²) in [5.74, 6) is -0.710. The summed E-state index contributed by atoms with van der Waals surface area (Å²) in [7, 11) is 0. The first-order chi connectivity index (χ1) is 14.3. The third kappa shape index (κ3) is 4.96. The number of nitriles is 1. The molecule has 0 fully saturated rings. The number of amides is 1. The van der Waals surface area contributed by atoms with Crippen molar-refractivity contribution < 1.29 is 27.2 Å². The monoisotopic (exact) mass is 434 g/mol. The molecule has 0 saturated heterocycles. The van der Waals surface area contributed by atoms with Crippen LogP contribution in [0.3, 0.4) is 0 Å². The number of aromatic nitrogens is 3. The van der Waals surface area contributed by atoms with Crippen molar-refractivity contribution in [2.45, 2.75) is 24.7 Å². The van der Waals surface area contributed by atoms with Crippen LogP contribution in [0.1, 0.15) is 18.1 Å². The Kier molecular flexibility index (Phi) is 6.37. The van der Waals surface area contributed by atoms with E-state index < -0.39 is 23.2 Å². The number of nitrogens with zero attached hydrogens (tertiary/aromatic N) is 4. The van der Waals surface area contributed by atoms with E-state index in [0.29, 0.717) is 12.1 Å². The molecule has 0 aliphatic carbocycles. The van der Waals surface area contributed by atoms with Gasteiger partial charge in [0.25, 0.3) is 6.20 Å². The van der Waals surface area contributed by atoms with Crippen molar-refractivity contribution >= 4 is 23.6 Å². The number of carbonyl (C=O) groups excluding carboxylic acids is 1. The molecule has 0 atom stereocenters. The highest BCUT2D eigenvalue weighted by Gasteiger charge is 2.36. The molecular formula is C19H15F3N5O2S+. The Bertz CT molecular complexity index is 1090. The molecule has 0 radical (unpaired) electrons. The second-order valence-electron chi connectivity index (χ2n) is 5.97. The molecule has 0 saturated carbocycles. The molecule has 1 aromatic carbocycles. The predicted molar refractivity (Wildman–Crippen MR) is 101 cm³/mol. The minimum absolute atomic E-state index is 0.0593. The molecule has 0 unspecified atom stereocenters. The van der Waals surface area contributed by atoms with E-state index in [2.05, 4.69) is 15.6 Å². The summed E-state index contributed by atoms with van der Waals surface area (Å²) in [6.45, 7) is 2.37. The van der Waals surface area contributed by atoms with Crippen molar-refractivity contribution in [1.82, 2.24) is 10.3 Å². The number of halogens is 3. The third-order valence-corrected chi connectivity index (χ3v) is 4.89. The van der Waals surface area contributed by atoms with Gasteiger partial charge < -0.3 is 0 Å². The number of hydrogen-bond acceptors (Lipinski definition) is 6. The second kappa shape index (κ2) is 8.96. The van der Waals surface area contributed by atoms with E-state index in [1.54, 1.807) is 36.4 Å². The number of carbonyl (C=O) groups is 1. The van der Waals surface area contributed by atoms with E-state index in [9.17, 15) is 23.2 Å². The molecule has 2 aromatic heterocycles. The van der Waals surface area contributed by atoms with Crippen LogP contribution in [-0.2, 0) is 17.5 Å². The Hall–Kier alpha value is -3.39.